The van der Waals surface area contributed by atoms with Crippen molar-refractivity contribution in [2.75, 3.05) is 6.54 Å². The Morgan fingerprint density at radius 1 is 1.25 bits per heavy atom. The highest BCUT2D eigenvalue weighted by Crippen LogP contribution is 2.39. The van der Waals surface area contributed by atoms with Crippen molar-refractivity contribution in [2.45, 2.75) is 36.2 Å². The predicted molar refractivity (Wildman–Crippen MR) is 112 cm³/mol. The zero-order valence-electron chi connectivity index (χ0n) is 16.8. The summed E-state index contributed by atoms with van der Waals surface area (Å²) in [7, 11) is 0. The summed E-state index contributed by atoms with van der Waals surface area (Å²) in [6, 6.07) is 4.91. The molecule has 32 heavy (non-hydrogen) atoms. The van der Waals surface area contributed by atoms with Crippen LogP contribution in [0, 0.1) is 5.92 Å². The van der Waals surface area contributed by atoms with Gasteiger partial charge in [0.05, 0.1) is 6.04 Å². The SMILES string of the molecule is CC(c1ncnn1-c1ncccn1)N(CC1CC1)C(=O)c1cc(Cl)cc(SC(F)(F)F)c1. The van der Waals surface area contributed by atoms with E-state index in [0.29, 0.717) is 24.2 Å². The zero-order valence-corrected chi connectivity index (χ0v) is 18.4. The van der Waals surface area contributed by atoms with E-state index in [-0.39, 0.29) is 27.2 Å². The third-order valence-corrected chi connectivity index (χ3v) is 5.84. The maximum absolute atomic E-state index is 13.5. The lowest BCUT2D eigenvalue weighted by molar-refractivity contribution is -0.0328. The molecule has 12 heteroatoms. The van der Waals surface area contributed by atoms with Gasteiger partial charge in [0.2, 0.25) is 0 Å². The largest absolute Gasteiger partial charge is 0.446 e. The molecule has 1 atom stereocenters. The van der Waals surface area contributed by atoms with Crippen molar-refractivity contribution in [3.63, 3.8) is 0 Å². The maximum Gasteiger partial charge on any atom is 0.446 e. The summed E-state index contributed by atoms with van der Waals surface area (Å²) in [6.07, 6.45) is 6.44. The number of halogens is 4. The minimum Gasteiger partial charge on any atom is -0.328 e. The predicted octanol–water partition coefficient (Wildman–Crippen LogP) is 4.94. The Bertz CT molecular complexity index is 1110. The molecule has 2 heterocycles. The first kappa shape index (κ1) is 22.5. The quantitative estimate of drug-likeness (QED) is 0.444. The molecule has 0 spiro atoms. The lowest BCUT2D eigenvalue weighted by Gasteiger charge is -2.29. The highest BCUT2D eigenvalue weighted by molar-refractivity contribution is 8.00. The monoisotopic (exact) mass is 482 g/mol. The molecule has 1 amide bonds. The smallest absolute Gasteiger partial charge is 0.328 e. The summed E-state index contributed by atoms with van der Waals surface area (Å²) in [5, 5.41) is 4.24. The van der Waals surface area contributed by atoms with Gasteiger partial charge in [-0.2, -0.15) is 23.0 Å². The van der Waals surface area contributed by atoms with Crippen LogP contribution in [0.3, 0.4) is 0 Å². The fourth-order valence-electron chi connectivity index (χ4n) is 3.27. The summed E-state index contributed by atoms with van der Waals surface area (Å²) in [5.74, 6) is 0.641. The Balaban J connectivity index is 1.67. The van der Waals surface area contributed by atoms with E-state index in [2.05, 4.69) is 20.1 Å². The van der Waals surface area contributed by atoms with Gasteiger partial charge in [0.15, 0.2) is 5.82 Å². The molecule has 0 N–H and O–H groups in total. The Kier molecular flexibility index (Phi) is 6.38. The number of carbonyl (C=O) groups excluding carboxylic acids is 1. The van der Waals surface area contributed by atoms with Crippen molar-refractivity contribution in [3.05, 3.63) is 59.4 Å². The van der Waals surface area contributed by atoms with Gasteiger partial charge in [-0.25, -0.2) is 15.0 Å². The van der Waals surface area contributed by atoms with Crippen molar-refractivity contribution >= 4 is 29.3 Å². The first-order valence-electron chi connectivity index (χ1n) is 9.76. The number of rotatable bonds is 7. The van der Waals surface area contributed by atoms with Gasteiger partial charge in [-0.15, -0.1) is 0 Å². The van der Waals surface area contributed by atoms with Gasteiger partial charge < -0.3 is 4.90 Å². The van der Waals surface area contributed by atoms with Gasteiger partial charge in [0, 0.05) is 34.4 Å². The second kappa shape index (κ2) is 9.07. The zero-order chi connectivity index (χ0) is 22.9. The first-order chi connectivity index (χ1) is 15.2. The Morgan fingerprint density at radius 2 is 1.97 bits per heavy atom. The fraction of sp³-hybridized carbons (Fsp3) is 0.350. The molecule has 7 nitrogen and oxygen atoms in total. The van der Waals surface area contributed by atoms with Crippen LogP contribution in [0.5, 0.6) is 0 Å². The van der Waals surface area contributed by atoms with Gasteiger partial charge >= 0.3 is 5.51 Å². The van der Waals surface area contributed by atoms with E-state index in [1.165, 1.54) is 29.2 Å². The third-order valence-electron chi connectivity index (χ3n) is 4.92. The molecule has 1 aliphatic carbocycles. The lowest BCUT2D eigenvalue weighted by atomic mass is 10.1. The topological polar surface area (TPSA) is 76.8 Å². The molecule has 4 rings (SSSR count). The number of hydrogen-bond donors (Lipinski definition) is 0. The van der Waals surface area contributed by atoms with Crippen molar-refractivity contribution in [1.29, 1.82) is 0 Å². The lowest BCUT2D eigenvalue weighted by Crippen LogP contribution is -2.36. The number of benzene rings is 1. The van der Waals surface area contributed by atoms with Crippen LogP contribution < -0.4 is 0 Å². The van der Waals surface area contributed by atoms with Crippen molar-refractivity contribution < 1.29 is 18.0 Å². The Morgan fingerprint density at radius 3 is 2.62 bits per heavy atom. The average molecular weight is 483 g/mol. The number of hydrogen-bond acceptors (Lipinski definition) is 6. The van der Waals surface area contributed by atoms with Crippen molar-refractivity contribution in [2.24, 2.45) is 5.92 Å². The number of nitrogens with zero attached hydrogens (tertiary/aromatic N) is 6. The number of thioether (sulfide) groups is 1. The first-order valence-corrected chi connectivity index (χ1v) is 11.0. The second-order valence-electron chi connectivity index (χ2n) is 7.38. The van der Waals surface area contributed by atoms with E-state index >= 15 is 0 Å². The highest BCUT2D eigenvalue weighted by atomic mass is 35.5. The standard InChI is InChI=1S/C20H18ClF3N6OS/c1-12(17-27-11-28-30(17)19-25-5-2-6-26-19)29(10-13-3-4-13)18(31)14-7-15(21)9-16(8-14)32-20(22,23)24/h2,5-9,11-13H,3-4,10H2,1H3. The van der Waals surface area contributed by atoms with E-state index in [1.807, 2.05) is 0 Å². The molecular weight excluding hydrogens is 465 g/mol. The third kappa shape index (κ3) is 5.39. The van der Waals surface area contributed by atoms with Crippen LogP contribution in [0.2, 0.25) is 5.02 Å². The van der Waals surface area contributed by atoms with Crippen LogP contribution in [0.25, 0.3) is 5.95 Å². The van der Waals surface area contributed by atoms with Gasteiger partial charge in [-0.1, -0.05) is 11.6 Å². The second-order valence-corrected chi connectivity index (χ2v) is 8.95. The normalized spacial score (nSPS) is 14.9. The van der Waals surface area contributed by atoms with Crippen LogP contribution in [-0.2, 0) is 0 Å². The molecule has 1 fully saturated rings. The molecular formula is C20H18ClF3N6OS. The number of carbonyl (C=O) groups is 1. The Hall–Kier alpha value is -2.66. The molecule has 1 unspecified atom stereocenters. The number of alkyl halides is 3. The maximum atomic E-state index is 13.5. The van der Waals surface area contributed by atoms with Crippen LogP contribution in [-0.4, -0.2) is 47.6 Å². The minimum atomic E-state index is -4.49. The summed E-state index contributed by atoms with van der Waals surface area (Å²) >= 11 is 5.73. The summed E-state index contributed by atoms with van der Waals surface area (Å²) in [5.41, 5.74) is -4.41. The molecule has 1 aromatic carbocycles. The molecule has 1 aliphatic rings. The molecule has 0 radical (unpaired) electrons. The molecule has 0 saturated heterocycles. The molecule has 1 saturated carbocycles. The molecule has 3 aromatic rings. The summed E-state index contributed by atoms with van der Waals surface area (Å²) < 4.78 is 40.0. The summed E-state index contributed by atoms with van der Waals surface area (Å²) in [4.78, 5) is 27.6. The van der Waals surface area contributed by atoms with E-state index in [4.69, 9.17) is 11.6 Å². The van der Waals surface area contributed by atoms with E-state index in [1.54, 1.807) is 30.3 Å². The van der Waals surface area contributed by atoms with Crippen LogP contribution in [0.4, 0.5) is 13.2 Å². The van der Waals surface area contributed by atoms with Crippen molar-refractivity contribution in [1.82, 2.24) is 29.6 Å². The van der Waals surface area contributed by atoms with Gasteiger partial charge in [0.25, 0.3) is 11.9 Å². The van der Waals surface area contributed by atoms with Crippen LogP contribution >= 0.6 is 23.4 Å². The van der Waals surface area contributed by atoms with Gasteiger partial charge in [-0.3, -0.25) is 4.79 Å². The fourth-order valence-corrected chi connectivity index (χ4v) is 4.21. The van der Waals surface area contributed by atoms with E-state index in [9.17, 15) is 18.0 Å². The highest BCUT2D eigenvalue weighted by Gasteiger charge is 2.34. The number of amides is 1. The minimum absolute atomic E-state index is 0.0578. The van der Waals surface area contributed by atoms with Gasteiger partial charge in [0.1, 0.15) is 6.33 Å². The van der Waals surface area contributed by atoms with E-state index in [0.717, 1.165) is 12.8 Å². The van der Waals surface area contributed by atoms with E-state index < -0.39 is 17.5 Å². The summed E-state index contributed by atoms with van der Waals surface area (Å²) in [6.45, 7) is 2.23. The van der Waals surface area contributed by atoms with Crippen LogP contribution in [0.1, 0.15) is 42.0 Å². The van der Waals surface area contributed by atoms with Crippen molar-refractivity contribution in [3.8, 4) is 5.95 Å². The van der Waals surface area contributed by atoms with Crippen LogP contribution in [0.15, 0.2) is 47.9 Å². The molecule has 0 bridgehead atoms. The Labute approximate surface area is 191 Å². The van der Waals surface area contributed by atoms with Gasteiger partial charge in [-0.05, 0) is 61.7 Å². The molecule has 2 aromatic heterocycles. The average Bonchev–Trinajstić information content (AvgIpc) is 3.42. The molecule has 0 aliphatic heterocycles. The molecule has 168 valence electrons. The number of aromatic nitrogens is 5.